The number of amides is 1. The summed E-state index contributed by atoms with van der Waals surface area (Å²) in [5.74, 6) is 0.401. The van der Waals surface area contributed by atoms with Crippen molar-refractivity contribution >= 4 is 34.5 Å². The van der Waals surface area contributed by atoms with Crippen LogP contribution in [0.4, 0.5) is 11.5 Å². The van der Waals surface area contributed by atoms with Crippen LogP contribution in [0.1, 0.15) is 28.8 Å². The third-order valence-electron chi connectivity index (χ3n) is 5.43. The molecule has 10 heteroatoms. The number of carbonyl (C=O) groups excluding carboxylic acids is 2. The van der Waals surface area contributed by atoms with Gasteiger partial charge in [-0.1, -0.05) is 24.3 Å². The summed E-state index contributed by atoms with van der Waals surface area (Å²) in [5, 5.41) is 2.82. The number of ether oxygens (including phenoxy) is 2. The summed E-state index contributed by atoms with van der Waals surface area (Å²) in [6.45, 7) is 0.739. The van der Waals surface area contributed by atoms with Crippen molar-refractivity contribution in [2.75, 3.05) is 24.8 Å². The van der Waals surface area contributed by atoms with Crippen LogP contribution in [0.5, 0.6) is 5.75 Å². The molecule has 2 aromatic carbocycles. The molecule has 2 heterocycles. The van der Waals surface area contributed by atoms with Crippen molar-refractivity contribution < 1.29 is 19.1 Å². The summed E-state index contributed by atoms with van der Waals surface area (Å²) >= 11 is 0. The van der Waals surface area contributed by atoms with E-state index in [9.17, 15) is 9.59 Å². The number of imidazole rings is 1. The van der Waals surface area contributed by atoms with Crippen molar-refractivity contribution in [1.29, 1.82) is 0 Å². The van der Waals surface area contributed by atoms with Crippen molar-refractivity contribution in [3.05, 3.63) is 72.3 Å². The highest BCUT2D eigenvalue weighted by Crippen LogP contribution is 2.18. The molecule has 0 unspecified atom stereocenters. The quantitative estimate of drug-likeness (QED) is 0.264. The van der Waals surface area contributed by atoms with Crippen LogP contribution >= 0.6 is 0 Å². The number of fused-ring (bicyclic) bond motifs is 1. The van der Waals surface area contributed by atoms with E-state index in [4.69, 9.17) is 15.2 Å². The van der Waals surface area contributed by atoms with Crippen molar-refractivity contribution in [2.24, 2.45) is 0 Å². The first kappa shape index (κ1) is 23.7. The molecule has 2 aromatic heterocycles. The largest absolute Gasteiger partial charge is 0.497 e. The number of anilines is 2. The number of esters is 1. The Morgan fingerprint density at radius 2 is 1.86 bits per heavy atom. The molecule has 0 bridgehead atoms. The minimum atomic E-state index is -0.502. The van der Waals surface area contributed by atoms with Crippen LogP contribution < -0.4 is 15.8 Å². The van der Waals surface area contributed by atoms with E-state index in [1.165, 1.54) is 6.33 Å². The van der Waals surface area contributed by atoms with Gasteiger partial charge in [0.15, 0.2) is 11.5 Å². The molecule has 0 spiro atoms. The number of para-hydroxylation sites is 1. The first-order chi connectivity index (χ1) is 17.0. The van der Waals surface area contributed by atoms with Gasteiger partial charge in [-0.05, 0) is 42.7 Å². The smallest absolute Gasteiger partial charge is 0.340 e. The van der Waals surface area contributed by atoms with Crippen LogP contribution in [0.25, 0.3) is 11.2 Å². The summed E-state index contributed by atoms with van der Waals surface area (Å²) in [5.41, 5.74) is 8.73. The van der Waals surface area contributed by atoms with Gasteiger partial charge in [0.2, 0.25) is 5.91 Å². The van der Waals surface area contributed by atoms with E-state index in [0.29, 0.717) is 47.6 Å². The van der Waals surface area contributed by atoms with Crippen LogP contribution in [0, 0.1) is 0 Å². The predicted octanol–water partition coefficient (Wildman–Crippen LogP) is 3.24. The predicted molar refractivity (Wildman–Crippen MR) is 131 cm³/mol. The van der Waals surface area contributed by atoms with Gasteiger partial charge in [0.1, 0.15) is 17.6 Å². The number of hydrogen-bond donors (Lipinski definition) is 2. The highest BCUT2D eigenvalue weighted by molar-refractivity contribution is 6.01. The van der Waals surface area contributed by atoms with Gasteiger partial charge in [0, 0.05) is 13.0 Å². The van der Waals surface area contributed by atoms with E-state index in [0.717, 1.165) is 11.3 Å². The summed E-state index contributed by atoms with van der Waals surface area (Å²) in [6.07, 6.45) is 4.43. The van der Waals surface area contributed by atoms with Gasteiger partial charge in [0.05, 0.1) is 31.3 Å². The molecule has 0 radical (unpaired) electrons. The second kappa shape index (κ2) is 11.1. The topological polar surface area (TPSA) is 134 Å². The van der Waals surface area contributed by atoms with Crippen molar-refractivity contribution in [3.8, 4) is 5.75 Å². The first-order valence-corrected chi connectivity index (χ1v) is 11.2. The molecule has 35 heavy (non-hydrogen) atoms. The molecule has 0 saturated carbocycles. The Hall–Kier alpha value is -4.47. The zero-order chi connectivity index (χ0) is 24.6. The number of nitrogens with one attached hydrogen (secondary N) is 1. The highest BCUT2D eigenvalue weighted by Gasteiger charge is 2.15. The number of nitrogen functional groups attached to an aromatic ring is 1. The molecular weight excluding hydrogens is 448 g/mol. The van der Waals surface area contributed by atoms with E-state index < -0.39 is 5.97 Å². The average Bonchev–Trinajstić information content (AvgIpc) is 3.30. The van der Waals surface area contributed by atoms with Gasteiger partial charge < -0.3 is 25.1 Å². The van der Waals surface area contributed by atoms with E-state index in [-0.39, 0.29) is 18.9 Å². The van der Waals surface area contributed by atoms with Crippen LogP contribution in [-0.2, 0) is 22.5 Å². The van der Waals surface area contributed by atoms with Gasteiger partial charge >= 0.3 is 5.97 Å². The maximum Gasteiger partial charge on any atom is 0.340 e. The minimum Gasteiger partial charge on any atom is -0.497 e. The van der Waals surface area contributed by atoms with Gasteiger partial charge in [-0.15, -0.1) is 0 Å². The number of carbonyl (C=O) groups is 2. The second-order valence-electron chi connectivity index (χ2n) is 7.80. The van der Waals surface area contributed by atoms with Crippen LogP contribution in [0.3, 0.4) is 0 Å². The Labute approximate surface area is 202 Å². The molecule has 4 aromatic rings. The number of methoxy groups -OCH3 is 1. The Balaban J connectivity index is 1.28. The summed E-state index contributed by atoms with van der Waals surface area (Å²) in [7, 11) is 1.61. The molecule has 180 valence electrons. The average molecular weight is 475 g/mol. The fraction of sp³-hybridized carbons (Fsp3) is 0.240. The molecule has 4 rings (SSSR count). The van der Waals surface area contributed by atoms with Crippen LogP contribution in [0.2, 0.25) is 0 Å². The highest BCUT2D eigenvalue weighted by atomic mass is 16.5. The molecule has 1 amide bonds. The molecule has 0 fully saturated rings. The molecule has 3 N–H and O–H groups in total. The maximum absolute atomic E-state index is 12.7. The monoisotopic (exact) mass is 474 g/mol. The lowest BCUT2D eigenvalue weighted by Crippen LogP contribution is -2.16. The fourth-order valence-corrected chi connectivity index (χ4v) is 3.57. The Morgan fingerprint density at radius 1 is 1.06 bits per heavy atom. The summed E-state index contributed by atoms with van der Waals surface area (Å²) in [4.78, 5) is 37.5. The molecule has 0 aliphatic rings. The number of benzene rings is 2. The van der Waals surface area contributed by atoms with Crippen LogP contribution in [0.15, 0.2) is 61.2 Å². The zero-order valence-corrected chi connectivity index (χ0v) is 19.3. The number of nitrogens with zero attached hydrogens (tertiary/aromatic N) is 4. The Bertz CT molecular complexity index is 1320. The normalized spacial score (nSPS) is 10.8. The molecular formula is C25H26N6O4. The zero-order valence-electron chi connectivity index (χ0n) is 19.3. The van der Waals surface area contributed by atoms with Crippen molar-refractivity contribution in [2.45, 2.75) is 25.8 Å². The standard InChI is InChI=1S/C25H26N6O4/c1-34-18-10-7-17(8-11-18)9-12-21(32)30-20-6-3-2-5-19(20)25(33)35-14-4-13-31-16-29-22-23(26)27-15-28-24(22)31/h2-3,5-8,10-11,15-16H,4,9,12-14H2,1H3,(H,30,32)(H2,26,27,28). The molecule has 10 nitrogen and oxygen atoms in total. The van der Waals surface area contributed by atoms with Gasteiger partial charge in [-0.25, -0.2) is 19.7 Å². The van der Waals surface area contributed by atoms with E-state index in [2.05, 4.69) is 20.3 Å². The van der Waals surface area contributed by atoms with Crippen molar-refractivity contribution in [3.63, 3.8) is 0 Å². The number of aromatic nitrogens is 4. The lowest BCUT2D eigenvalue weighted by atomic mass is 10.1. The van der Waals surface area contributed by atoms with E-state index >= 15 is 0 Å². The molecule has 0 aliphatic heterocycles. The van der Waals surface area contributed by atoms with Gasteiger partial charge in [-0.3, -0.25) is 4.79 Å². The Morgan fingerprint density at radius 3 is 2.66 bits per heavy atom. The van der Waals surface area contributed by atoms with Gasteiger partial charge in [-0.2, -0.15) is 0 Å². The fourth-order valence-electron chi connectivity index (χ4n) is 3.57. The number of nitrogens with two attached hydrogens (primary N) is 1. The van der Waals surface area contributed by atoms with Crippen LogP contribution in [-0.4, -0.2) is 45.1 Å². The number of hydrogen-bond acceptors (Lipinski definition) is 8. The first-order valence-electron chi connectivity index (χ1n) is 11.2. The van der Waals surface area contributed by atoms with Gasteiger partial charge in [0.25, 0.3) is 0 Å². The SMILES string of the molecule is COc1ccc(CCC(=O)Nc2ccccc2C(=O)OCCCn2cnc3c(N)ncnc32)cc1. The Kier molecular flexibility index (Phi) is 7.51. The van der Waals surface area contributed by atoms with E-state index in [1.54, 1.807) is 37.7 Å². The molecule has 0 aliphatic carbocycles. The summed E-state index contributed by atoms with van der Waals surface area (Å²) < 4.78 is 12.4. The van der Waals surface area contributed by atoms with E-state index in [1.807, 2.05) is 28.8 Å². The number of aryl methyl sites for hydroxylation is 2. The lowest BCUT2D eigenvalue weighted by Gasteiger charge is -2.11. The molecule has 0 atom stereocenters. The lowest BCUT2D eigenvalue weighted by molar-refractivity contribution is -0.116. The molecule has 0 saturated heterocycles. The summed E-state index contributed by atoms with van der Waals surface area (Å²) in [6, 6.07) is 14.4. The third-order valence-corrected chi connectivity index (χ3v) is 5.43. The number of rotatable bonds is 10. The maximum atomic E-state index is 12.7. The third kappa shape index (κ3) is 5.91. The van der Waals surface area contributed by atoms with Crippen molar-refractivity contribution in [1.82, 2.24) is 19.5 Å². The second-order valence-corrected chi connectivity index (χ2v) is 7.80. The minimum absolute atomic E-state index is 0.186.